The van der Waals surface area contributed by atoms with Crippen LogP contribution in [0.2, 0.25) is 0 Å². The smallest absolute Gasteiger partial charge is 0.136 e. The summed E-state index contributed by atoms with van der Waals surface area (Å²) in [5.74, 6) is 0.827. The standard InChI is InChI=1S/C21H19FOS/c1-2-23-20(15-9-6-10-15)21-19(14-7-4-3-5-8-14)17-12-11-16(22)13-18(17)24-21/h3-5,7-8,11-13H,2,6,9-10H2,1H3. The highest BCUT2D eigenvalue weighted by Gasteiger charge is 2.24. The molecular formula is C21H19FOS. The molecule has 0 unspecified atom stereocenters. The molecule has 3 heteroatoms. The third kappa shape index (κ3) is 2.63. The Morgan fingerprint density at radius 2 is 1.92 bits per heavy atom. The molecule has 2 aromatic carbocycles. The maximum atomic E-state index is 13.7. The first-order chi connectivity index (χ1) is 11.8. The van der Waals surface area contributed by atoms with Gasteiger partial charge in [0.2, 0.25) is 0 Å². The van der Waals surface area contributed by atoms with Crippen molar-refractivity contribution in [2.45, 2.75) is 26.2 Å². The van der Waals surface area contributed by atoms with Gasteiger partial charge in [0.1, 0.15) is 11.6 Å². The molecule has 122 valence electrons. The molecule has 1 aliphatic rings. The highest BCUT2D eigenvalue weighted by molar-refractivity contribution is 7.20. The van der Waals surface area contributed by atoms with Gasteiger partial charge >= 0.3 is 0 Å². The van der Waals surface area contributed by atoms with Crippen LogP contribution in [0.4, 0.5) is 4.39 Å². The average Bonchev–Trinajstić information content (AvgIpc) is 2.91. The summed E-state index contributed by atoms with van der Waals surface area (Å²) in [6.07, 6.45) is 3.43. The van der Waals surface area contributed by atoms with Crippen molar-refractivity contribution in [3.63, 3.8) is 0 Å². The molecule has 1 heterocycles. The zero-order chi connectivity index (χ0) is 16.5. The lowest BCUT2D eigenvalue weighted by Gasteiger charge is -2.22. The summed E-state index contributed by atoms with van der Waals surface area (Å²) in [6, 6.07) is 15.4. The van der Waals surface area contributed by atoms with Gasteiger partial charge in [-0.05, 0) is 55.5 Å². The lowest BCUT2D eigenvalue weighted by Crippen LogP contribution is -2.04. The molecule has 1 nitrogen and oxygen atoms in total. The summed E-state index contributed by atoms with van der Waals surface area (Å²) in [4.78, 5) is 1.14. The molecule has 0 amide bonds. The number of thiophene rings is 1. The first-order valence-electron chi connectivity index (χ1n) is 8.40. The fourth-order valence-electron chi connectivity index (χ4n) is 3.17. The first-order valence-corrected chi connectivity index (χ1v) is 9.22. The summed E-state index contributed by atoms with van der Waals surface area (Å²) in [6.45, 7) is 2.67. The van der Waals surface area contributed by atoms with Crippen molar-refractivity contribution < 1.29 is 9.13 Å². The summed E-state index contributed by atoms with van der Waals surface area (Å²) >= 11 is 1.64. The Morgan fingerprint density at radius 3 is 2.58 bits per heavy atom. The van der Waals surface area contributed by atoms with Crippen molar-refractivity contribution in [3.05, 3.63) is 64.8 Å². The summed E-state index contributed by atoms with van der Waals surface area (Å²) in [5.41, 5.74) is 3.71. The van der Waals surface area contributed by atoms with Crippen LogP contribution in [0.1, 0.15) is 31.1 Å². The normalized spacial score (nSPS) is 13.8. The number of ether oxygens (including phenoxy) is 1. The Bertz CT molecular complexity index is 902. The predicted molar refractivity (Wildman–Crippen MR) is 99.6 cm³/mol. The van der Waals surface area contributed by atoms with Crippen LogP contribution in [0, 0.1) is 5.82 Å². The lowest BCUT2D eigenvalue weighted by atomic mass is 9.89. The van der Waals surface area contributed by atoms with Gasteiger partial charge in [-0.1, -0.05) is 30.3 Å². The summed E-state index contributed by atoms with van der Waals surface area (Å²) < 4.78 is 20.8. The van der Waals surface area contributed by atoms with Crippen molar-refractivity contribution in [1.29, 1.82) is 0 Å². The maximum Gasteiger partial charge on any atom is 0.136 e. The monoisotopic (exact) mass is 338 g/mol. The molecule has 1 fully saturated rings. The summed E-state index contributed by atoms with van der Waals surface area (Å²) in [7, 11) is 0. The van der Waals surface area contributed by atoms with Crippen molar-refractivity contribution in [2.75, 3.05) is 6.61 Å². The molecule has 0 radical (unpaired) electrons. The highest BCUT2D eigenvalue weighted by atomic mass is 32.1. The molecule has 0 saturated heterocycles. The number of benzene rings is 2. The third-order valence-electron chi connectivity index (χ3n) is 4.49. The quantitative estimate of drug-likeness (QED) is 0.485. The minimum Gasteiger partial charge on any atom is -0.492 e. The molecule has 1 aromatic heterocycles. The Morgan fingerprint density at radius 1 is 1.12 bits per heavy atom. The number of hydrogen-bond acceptors (Lipinski definition) is 2. The van der Waals surface area contributed by atoms with Gasteiger partial charge in [-0.25, -0.2) is 4.39 Å². The average molecular weight is 338 g/mol. The van der Waals surface area contributed by atoms with Gasteiger partial charge < -0.3 is 4.74 Å². The predicted octanol–water partition coefficient (Wildman–Crippen LogP) is 6.64. The van der Waals surface area contributed by atoms with E-state index in [1.165, 1.54) is 17.6 Å². The van der Waals surface area contributed by atoms with Gasteiger partial charge in [0.05, 0.1) is 11.5 Å². The number of fused-ring (bicyclic) bond motifs is 1. The van der Waals surface area contributed by atoms with E-state index in [2.05, 4.69) is 12.1 Å². The minimum atomic E-state index is -0.191. The molecule has 4 rings (SSSR count). The van der Waals surface area contributed by atoms with Gasteiger partial charge in [0.25, 0.3) is 0 Å². The van der Waals surface area contributed by atoms with Crippen LogP contribution in [0.25, 0.3) is 27.0 Å². The van der Waals surface area contributed by atoms with E-state index in [4.69, 9.17) is 4.74 Å². The number of rotatable bonds is 4. The maximum absolute atomic E-state index is 13.7. The minimum absolute atomic E-state index is 0.191. The molecule has 3 aromatic rings. The Kier molecular flexibility index (Phi) is 4.11. The lowest BCUT2D eigenvalue weighted by molar-refractivity contribution is 0.292. The molecule has 0 atom stereocenters. The van der Waals surface area contributed by atoms with Crippen LogP contribution in [0.3, 0.4) is 0 Å². The number of allylic oxidation sites excluding steroid dienone is 1. The fraction of sp³-hybridized carbons (Fsp3) is 0.238. The fourth-order valence-corrected chi connectivity index (χ4v) is 4.47. The van der Waals surface area contributed by atoms with Gasteiger partial charge in [-0.15, -0.1) is 11.3 Å². The van der Waals surface area contributed by atoms with Crippen LogP contribution in [-0.4, -0.2) is 6.61 Å². The summed E-state index contributed by atoms with van der Waals surface area (Å²) in [5, 5.41) is 1.10. The molecule has 0 N–H and O–H groups in total. The second-order valence-electron chi connectivity index (χ2n) is 6.03. The third-order valence-corrected chi connectivity index (χ3v) is 5.64. The highest BCUT2D eigenvalue weighted by Crippen LogP contribution is 2.46. The van der Waals surface area contributed by atoms with E-state index in [1.54, 1.807) is 23.5 Å². The Balaban J connectivity index is 2.00. The van der Waals surface area contributed by atoms with Crippen molar-refractivity contribution in [2.24, 2.45) is 0 Å². The van der Waals surface area contributed by atoms with Gasteiger partial charge in [0.15, 0.2) is 0 Å². The van der Waals surface area contributed by atoms with Crippen molar-refractivity contribution >= 4 is 27.2 Å². The van der Waals surface area contributed by atoms with E-state index < -0.39 is 0 Å². The molecule has 1 saturated carbocycles. The largest absolute Gasteiger partial charge is 0.492 e. The van der Waals surface area contributed by atoms with Gasteiger partial charge in [-0.3, -0.25) is 0 Å². The Labute approximate surface area is 145 Å². The first kappa shape index (κ1) is 15.4. The topological polar surface area (TPSA) is 9.23 Å². The second kappa shape index (κ2) is 6.40. The number of hydrogen-bond donors (Lipinski definition) is 0. The van der Waals surface area contributed by atoms with Crippen LogP contribution in [0.15, 0.2) is 54.1 Å². The van der Waals surface area contributed by atoms with Gasteiger partial charge in [-0.2, -0.15) is 0 Å². The molecule has 1 aliphatic carbocycles. The molecule has 0 bridgehead atoms. The van der Waals surface area contributed by atoms with Crippen LogP contribution in [-0.2, 0) is 4.74 Å². The van der Waals surface area contributed by atoms with Crippen molar-refractivity contribution in [3.8, 4) is 11.1 Å². The number of halogens is 1. The SMILES string of the molecule is CCOC(=C1CCC1)c1sc2cc(F)ccc2c1-c1ccccc1. The second-order valence-corrected chi connectivity index (χ2v) is 7.08. The van der Waals surface area contributed by atoms with Crippen LogP contribution in [0.5, 0.6) is 0 Å². The van der Waals surface area contributed by atoms with E-state index >= 15 is 0 Å². The molecule has 0 spiro atoms. The molecule has 24 heavy (non-hydrogen) atoms. The zero-order valence-corrected chi connectivity index (χ0v) is 14.5. The van der Waals surface area contributed by atoms with E-state index in [9.17, 15) is 4.39 Å². The van der Waals surface area contributed by atoms with E-state index in [1.807, 2.05) is 31.2 Å². The van der Waals surface area contributed by atoms with Crippen LogP contribution < -0.4 is 0 Å². The Hall–Kier alpha value is -2.13. The van der Waals surface area contributed by atoms with E-state index in [0.717, 1.165) is 39.1 Å². The van der Waals surface area contributed by atoms with Crippen LogP contribution >= 0.6 is 11.3 Å². The molecular weight excluding hydrogens is 319 g/mol. The zero-order valence-electron chi connectivity index (χ0n) is 13.6. The molecule has 0 aliphatic heterocycles. The van der Waals surface area contributed by atoms with Gasteiger partial charge in [0, 0.05) is 15.6 Å². The van der Waals surface area contributed by atoms with E-state index in [0.29, 0.717) is 6.61 Å². The van der Waals surface area contributed by atoms with Crippen molar-refractivity contribution in [1.82, 2.24) is 0 Å². The van der Waals surface area contributed by atoms with E-state index in [-0.39, 0.29) is 5.82 Å².